The van der Waals surface area contributed by atoms with Crippen LogP contribution in [0.3, 0.4) is 0 Å². The number of carbonyl (C=O) groups is 1. The topological polar surface area (TPSA) is 35.5 Å². The Morgan fingerprint density at radius 3 is 2.55 bits per heavy atom. The minimum atomic E-state index is -0.545. The van der Waals surface area contributed by atoms with Crippen LogP contribution in [0.4, 0.5) is 4.79 Å². The molecule has 0 heterocycles. The Labute approximate surface area is 66.7 Å². The van der Waals surface area contributed by atoms with E-state index >= 15 is 0 Å². The van der Waals surface area contributed by atoms with Crippen molar-refractivity contribution >= 4 is 6.16 Å². The second-order valence-corrected chi connectivity index (χ2v) is 2.99. The Bertz CT molecular complexity index is 149. The Kier molecular flexibility index (Phi) is 2.37. The van der Waals surface area contributed by atoms with E-state index in [1.807, 2.05) is 0 Å². The molecule has 1 fully saturated rings. The highest BCUT2D eigenvalue weighted by Crippen LogP contribution is 2.43. The van der Waals surface area contributed by atoms with Crippen LogP contribution in [-0.4, -0.2) is 18.9 Å². The van der Waals surface area contributed by atoms with E-state index in [9.17, 15) is 4.79 Å². The molecule has 0 bridgehead atoms. The lowest BCUT2D eigenvalue weighted by Gasteiger charge is -2.13. The smallest absolute Gasteiger partial charge is 0.438 e. The van der Waals surface area contributed by atoms with Crippen LogP contribution in [0.25, 0.3) is 0 Å². The molecule has 1 saturated carbocycles. The van der Waals surface area contributed by atoms with Gasteiger partial charge >= 0.3 is 6.16 Å². The second-order valence-electron chi connectivity index (χ2n) is 2.99. The average molecular weight is 158 g/mol. The van der Waals surface area contributed by atoms with Crippen molar-refractivity contribution in [2.24, 2.45) is 0 Å². The van der Waals surface area contributed by atoms with Gasteiger partial charge in [-0.2, -0.15) is 0 Å². The maximum atomic E-state index is 10.7. The first kappa shape index (κ1) is 8.37. The summed E-state index contributed by atoms with van der Waals surface area (Å²) < 4.78 is 9.49. The van der Waals surface area contributed by atoms with Crippen LogP contribution >= 0.6 is 0 Å². The van der Waals surface area contributed by atoms with Gasteiger partial charge in [0.25, 0.3) is 0 Å². The summed E-state index contributed by atoms with van der Waals surface area (Å²) >= 11 is 0. The largest absolute Gasteiger partial charge is 0.508 e. The van der Waals surface area contributed by atoms with E-state index in [0.717, 1.165) is 25.7 Å². The molecule has 11 heavy (non-hydrogen) atoms. The second kappa shape index (κ2) is 3.11. The molecule has 64 valence electrons. The van der Waals surface area contributed by atoms with Gasteiger partial charge in [-0.25, -0.2) is 4.79 Å². The van der Waals surface area contributed by atoms with Crippen LogP contribution in [0.1, 0.15) is 32.6 Å². The fourth-order valence-electron chi connectivity index (χ4n) is 1.22. The molecule has 0 aliphatic heterocycles. The van der Waals surface area contributed by atoms with E-state index in [1.165, 1.54) is 7.11 Å². The molecule has 0 aromatic heterocycles. The van der Waals surface area contributed by atoms with Gasteiger partial charge in [0, 0.05) is 0 Å². The van der Waals surface area contributed by atoms with Gasteiger partial charge in [-0.15, -0.1) is 0 Å². The van der Waals surface area contributed by atoms with Gasteiger partial charge in [0.2, 0.25) is 0 Å². The van der Waals surface area contributed by atoms with Crippen molar-refractivity contribution in [2.75, 3.05) is 7.11 Å². The Hall–Kier alpha value is -0.730. The first-order chi connectivity index (χ1) is 5.22. The highest BCUT2D eigenvalue weighted by atomic mass is 16.7. The number of methoxy groups -OCH3 is 1. The van der Waals surface area contributed by atoms with Gasteiger partial charge in [0.1, 0.15) is 5.60 Å². The van der Waals surface area contributed by atoms with Crippen LogP contribution < -0.4 is 0 Å². The summed E-state index contributed by atoms with van der Waals surface area (Å²) in [6, 6.07) is 0. The van der Waals surface area contributed by atoms with Gasteiger partial charge in [0.15, 0.2) is 0 Å². The normalized spacial score (nSPS) is 19.1. The first-order valence-electron chi connectivity index (χ1n) is 3.99. The molecule has 3 heteroatoms. The zero-order valence-electron chi connectivity index (χ0n) is 7.05. The molecular weight excluding hydrogens is 144 g/mol. The number of rotatable bonds is 3. The van der Waals surface area contributed by atoms with Gasteiger partial charge in [0.05, 0.1) is 7.11 Å². The molecule has 3 nitrogen and oxygen atoms in total. The van der Waals surface area contributed by atoms with Crippen molar-refractivity contribution in [3.63, 3.8) is 0 Å². The summed E-state index contributed by atoms with van der Waals surface area (Å²) in [5, 5.41) is 0. The van der Waals surface area contributed by atoms with Gasteiger partial charge in [-0.1, -0.05) is 13.3 Å². The van der Waals surface area contributed by atoms with Crippen LogP contribution in [0.2, 0.25) is 0 Å². The molecular formula is C8H14O3. The monoisotopic (exact) mass is 158 g/mol. The molecule has 0 amide bonds. The summed E-state index contributed by atoms with van der Waals surface area (Å²) in [7, 11) is 1.34. The highest BCUT2D eigenvalue weighted by Gasteiger charge is 2.46. The molecule has 0 N–H and O–H groups in total. The van der Waals surface area contributed by atoms with Crippen molar-refractivity contribution in [1.82, 2.24) is 0 Å². The van der Waals surface area contributed by atoms with E-state index in [0.29, 0.717) is 0 Å². The molecule has 1 aliphatic carbocycles. The number of hydrogen-bond acceptors (Lipinski definition) is 3. The van der Waals surface area contributed by atoms with E-state index in [4.69, 9.17) is 4.74 Å². The Morgan fingerprint density at radius 2 is 2.18 bits per heavy atom. The maximum Gasteiger partial charge on any atom is 0.508 e. The van der Waals surface area contributed by atoms with Crippen molar-refractivity contribution in [3.05, 3.63) is 0 Å². The Morgan fingerprint density at radius 1 is 1.55 bits per heavy atom. The van der Waals surface area contributed by atoms with Crippen LogP contribution in [0.5, 0.6) is 0 Å². The average Bonchev–Trinajstić information content (AvgIpc) is 2.70. The molecule has 0 atom stereocenters. The van der Waals surface area contributed by atoms with E-state index in [2.05, 4.69) is 11.7 Å². The zero-order valence-corrected chi connectivity index (χ0v) is 7.05. The van der Waals surface area contributed by atoms with Gasteiger partial charge < -0.3 is 9.47 Å². The molecule has 0 saturated heterocycles. The lowest BCUT2D eigenvalue weighted by atomic mass is 10.2. The van der Waals surface area contributed by atoms with Crippen molar-refractivity contribution < 1.29 is 14.3 Å². The van der Waals surface area contributed by atoms with Crippen LogP contribution in [-0.2, 0) is 9.47 Å². The molecule has 0 aromatic rings. The minimum Gasteiger partial charge on any atom is -0.438 e. The first-order valence-corrected chi connectivity index (χ1v) is 3.99. The number of hydrogen-bond donors (Lipinski definition) is 0. The molecule has 0 spiro atoms. The summed E-state index contributed by atoms with van der Waals surface area (Å²) in [5.41, 5.74) is -0.151. The number of carbonyl (C=O) groups excluding carboxylic acids is 1. The van der Waals surface area contributed by atoms with E-state index < -0.39 is 6.16 Å². The predicted octanol–water partition coefficient (Wildman–Crippen LogP) is 2.10. The molecule has 0 aromatic carbocycles. The van der Waals surface area contributed by atoms with E-state index in [1.54, 1.807) is 0 Å². The predicted molar refractivity (Wildman–Crippen MR) is 40.4 cm³/mol. The third kappa shape index (κ3) is 2.10. The standard InChI is InChI=1S/C8H14O3/c1-3-4-8(5-6-8)11-7(9)10-2/h3-6H2,1-2H3. The quantitative estimate of drug-likeness (QED) is 0.590. The summed E-state index contributed by atoms with van der Waals surface area (Å²) in [6.07, 6.45) is 3.46. The Balaban J connectivity index is 2.29. The molecule has 0 radical (unpaired) electrons. The highest BCUT2D eigenvalue weighted by molar-refractivity contribution is 5.60. The fraction of sp³-hybridized carbons (Fsp3) is 0.875. The van der Waals surface area contributed by atoms with E-state index in [-0.39, 0.29) is 5.60 Å². The molecule has 1 rings (SSSR count). The fourth-order valence-corrected chi connectivity index (χ4v) is 1.22. The van der Waals surface area contributed by atoms with Crippen LogP contribution in [0, 0.1) is 0 Å². The third-order valence-corrected chi connectivity index (χ3v) is 1.98. The minimum absolute atomic E-state index is 0.151. The van der Waals surface area contributed by atoms with Crippen molar-refractivity contribution in [1.29, 1.82) is 0 Å². The SMILES string of the molecule is CCCC1(OC(=O)OC)CC1. The molecule has 0 unspecified atom stereocenters. The van der Waals surface area contributed by atoms with Crippen molar-refractivity contribution in [3.8, 4) is 0 Å². The molecule has 1 aliphatic rings. The maximum absolute atomic E-state index is 10.7. The number of ether oxygens (including phenoxy) is 2. The van der Waals surface area contributed by atoms with Crippen molar-refractivity contribution in [2.45, 2.75) is 38.2 Å². The summed E-state index contributed by atoms with van der Waals surface area (Å²) in [4.78, 5) is 10.7. The third-order valence-electron chi connectivity index (χ3n) is 1.98. The van der Waals surface area contributed by atoms with Crippen LogP contribution in [0.15, 0.2) is 0 Å². The summed E-state index contributed by atoms with van der Waals surface area (Å²) in [5.74, 6) is 0. The lowest BCUT2D eigenvalue weighted by molar-refractivity contribution is 0.0216. The van der Waals surface area contributed by atoms with Gasteiger partial charge in [-0.3, -0.25) is 0 Å². The van der Waals surface area contributed by atoms with Gasteiger partial charge in [-0.05, 0) is 19.3 Å². The summed E-state index contributed by atoms with van der Waals surface area (Å²) in [6.45, 7) is 2.08. The lowest BCUT2D eigenvalue weighted by Crippen LogP contribution is -2.19. The zero-order chi connectivity index (χ0) is 8.32.